The van der Waals surface area contributed by atoms with E-state index >= 15 is 0 Å². The summed E-state index contributed by atoms with van der Waals surface area (Å²) in [5.41, 5.74) is 1.68. The van der Waals surface area contributed by atoms with Crippen molar-refractivity contribution in [2.75, 3.05) is 11.9 Å². The molecular weight excluding hydrogens is 316 g/mol. The van der Waals surface area contributed by atoms with Gasteiger partial charge in [0.05, 0.1) is 5.69 Å². The van der Waals surface area contributed by atoms with E-state index in [1.165, 1.54) is 6.08 Å². The Morgan fingerprint density at radius 2 is 1.96 bits per heavy atom. The zero-order valence-electron chi connectivity index (χ0n) is 12.9. The van der Waals surface area contributed by atoms with E-state index < -0.39 is 30.1 Å². The number of aryl methyl sites for hydroxylation is 1. The van der Waals surface area contributed by atoms with Crippen LogP contribution in [-0.2, 0) is 14.3 Å². The average Bonchev–Trinajstić information content (AvgIpc) is 2.54. The molecule has 2 aromatic carbocycles. The van der Waals surface area contributed by atoms with Crippen molar-refractivity contribution < 1.29 is 23.1 Å². The van der Waals surface area contributed by atoms with E-state index in [0.29, 0.717) is 6.07 Å². The number of halogens is 2. The normalized spacial score (nSPS) is 10.6. The maximum atomic E-state index is 13.4. The summed E-state index contributed by atoms with van der Waals surface area (Å²) in [6, 6.07) is 10.2. The molecule has 1 amide bonds. The topological polar surface area (TPSA) is 55.4 Å². The minimum atomic E-state index is -0.908. The van der Waals surface area contributed by atoms with E-state index in [2.05, 4.69) is 5.32 Å². The van der Waals surface area contributed by atoms with Crippen LogP contribution < -0.4 is 5.32 Å². The van der Waals surface area contributed by atoms with E-state index in [9.17, 15) is 18.4 Å². The number of anilines is 1. The molecule has 4 nitrogen and oxygen atoms in total. The van der Waals surface area contributed by atoms with Gasteiger partial charge in [-0.2, -0.15) is 0 Å². The Bertz CT molecular complexity index is 788. The number of amides is 1. The highest BCUT2D eigenvalue weighted by molar-refractivity contribution is 5.94. The summed E-state index contributed by atoms with van der Waals surface area (Å²) < 4.78 is 30.9. The number of benzene rings is 2. The second-order valence-electron chi connectivity index (χ2n) is 5.03. The molecule has 1 N–H and O–H groups in total. The first-order valence-corrected chi connectivity index (χ1v) is 7.10. The van der Waals surface area contributed by atoms with Gasteiger partial charge in [-0.25, -0.2) is 13.6 Å². The van der Waals surface area contributed by atoms with Gasteiger partial charge in [0.1, 0.15) is 11.6 Å². The third-order valence-corrected chi connectivity index (χ3v) is 3.00. The quantitative estimate of drug-likeness (QED) is 0.674. The van der Waals surface area contributed by atoms with Gasteiger partial charge in [-0.3, -0.25) is 4.79 Å². The van der Waals surface area contributed by atoms with Crippen LogP contribution in [0.25, 0.3) is 6.08 Å². The van der Waals surface area contributed by atoms with Gasteiger partial charge in [0.15, 0.2) is 6.61 Å². The van der Waals surface area contributed by atoms with E-state index in [1.54, 1.807) is 6.08 Å². The number of carbonyl (C=O) groups is 2. The van der Waals surface area contributed by atoms with Gasteiger partial charge in [0.25, 0.3) is 5.91 Å². The van der Waals surface area contributed by atoms with Crippen LogP contribution in [0, 0.1) is 18.6 Å². The maximum absolute atomic E-state index is 13.4. The highest BCUT2D eigenvalue weighted by Gasteiger charge is 2.09. The summed E-state index contributed by atoms with van der Waals surface area (Å²) >= 11 is 0. The van der Waals surface area contributed by atoms with Crippen molar-refractivity contribution in [2.24, 2.45) is 0 Å². The second kappa shape index (κ2) is 8.01. The molecule has 0 fully saturated rings. The fourth-order valence-corrected chi connectivity index (χ4v) is 1.90. The molecule has 2 aromatic rings. The fourth-order valence-electron chi connectivity index (χ4n) is 1.90. The fraction of sp³-hybridized carbons (Fsp3) is 0.111. The highest BCUT2D eigenvalue weighted by Crippen LogP contribution is 2.14. The van der Waals surface area contributed by atoms with E-state index in [-0.39, 0.29) is 5.69 Å². The minimum absolute atomic E-state index is 0.187. The zero-order chi connectivity index (χ0) is 17.5. The Morgan fingerprint density at radius 1 is 1.17 bits per heavy atom. The van der Waals surface area contributed by atoms with Gasteiger partial charge in [0, 0.05) is 12.1 Å². The van der Waals surface area contributed by atoms with Crippen molar-refractivity contribution >= 4 is 23.6 Å². The number of rotatable bonds is 5. The SMILES string of the molecule is Cc1cccc(/C=C/C(=O)OCC(=O)Nc2ccc(F)cc2F)c1. The molecule has 124 valence electrons. The third kappa shape index (κ3) is 5.31. The number of hydrogen-bond donors (Lipinski definition) is 1. The van der Waals surface area contributed by atoms with Crippen LogP contribution >= 0.6 is 0 Å². The number of hydrogen-bond acceptors (Lipinski definition) is 3. The molecule has 2 rings (SSSR count). The molecular formula is C18H15F2NO3. The van der Waals surface area contributed by atoms with E-state index in [0.717, 1.165) is 23.3 Å². The van der Waals surface area contributed by atoms with Crippen molar-refractivity contribution in [3.8, 4) is 0 Å². The Labute approximate surface area is 137 Å². The smallest absolute Gasteiger partial charge is 0.331 e. The Morgan fingerprint density at radius 3 is 2.67 bits per heavy atom. The molecule has 0 heterocycles. The third-order valence-electron chi connectivity index (χ3n) is 3.00. The largest absolute Gasteiger partial charge is 0.452 e. The summed E-state index contributed by atoms with van der Waals surface area (Å²) in [4.78, 5) is 23.2. The lowest BCUT2D eigenvalue weighted by Gasteiger charge is -2.06. The van der Waals surface area contributed by atoms with Crippen LogP contribution in [0.2, 0.25) is 0 Å². The molecule has 0 aromatic heterocycles. The van der Waals surface area contributed by atoms with Crippen LogP contribution in [0.4, 0.5) is 14.5 Å². The van der Waals surface area contributed by atoms with Crippen molar-refractivity contribution in [3.05, 3.63) is 71.3 Å². The van der Waals surface area contributed by atoms with Crippen LogP contribution in [-0.4, -0.2) is 18.5 Å². The summed E-state index contributed by atoms with van der Waals surface area (Å²) in [5.74, 6) is -3.09. The predicted octanol–water partition coefficient (Wildman–Crippen LogP) is 3.47. The first-order chi connectivity index (χ1) is 11.4. The standard InChI is InChI=1S/C18H15F2NO3/c1-12-3-2-4-13(9-12)5-8-18(23)24-11-17(22)21-16-7-6-14(19)10-15(16)20/h2-10H,11H2,1H3,(H,21,22)/b8-5+. The molecule has 0 atom stereocenters. The van der Waals surface area contributed by atoms with Crippen molar-refractivity contribution in [2.45, 2.75) is 6.92 Å². The Hall–Kier alpha value is -3.02. The van der Waals surface area contributed by atoms with Crippen LogP contribution in [0.3, 0.4) is 0 Å². The van der Waals surface area contributed by atoms with Gasteiger partial charge >= 0.3 is 5.97 Å². The molecule has 0 aliphatic rings. The molecule has 24 heavy (non-hydrogen) atoms. The van der Waals surface area contributed by atoms with Crippen molar-refractivity contribution in [1.82, 2.24) is 0 Å². The van der Waals surface area contributed by atoms with Crippen LogP contribution in [0.1, 0.15) is 11.1 Å². The highest BCUT2D eigenvalue weighted by atomic mass is 19.1. The molecule has 0 saturated carbocycles. The molecule has 0 aliphatic heterocycles. The monoisotopic (exact) mass is 331 g/mol. The summed E-state index contributed by atoms with van der Waals surface area (Å²) in [7, 11) is 0. The first-order valence-electron chi connectivity index (χ1n) is 7.10. The second-order valence-corrected chi connectivity index (χ2v) is 5.03. The van der Waals surface area contributed by atoms with Gasteiger partial charge < -0.3 is 10.1 Å². The molecule has 6 heteroatoms. The summed E-state index contributed by atoms with van der Waals surface area (Å²) in [5, 5.41) is 2.19. The zero-order valence-corrected chi connectivity index (χ0v) is 12.9. The number of nitrogens with one attached hydrogen (secondary N) is 1. The molecule has 0 radical (unpaired) electrons. The maximum Gasteiger partial charge on any atom is 0.331 e. The van der Waals surface area contributed by atoms with Crippen LogP contribution in [0.5, 0.6) is 0 Å². The molecule has 0 saturated heterocycles. The van der Waals surface area contributed by atoms with Crippen molar-refractivity contribution in [1.29, 1.82) is 0 Å². The lowest BCUT2D eigenvalue weighted by Crippen LogP contribution is -2.20. The van der Waals surface area contributed by atoms with Gasteiger partial charge in [-0.15, -0.1) is 0 Å². The average molecular weight is 331 g/mol. The van der Waals surface area contributed by atoms with Crippen LogP contribution in [0.15, 0.2) is 48.5 Å². The summed E-state index contributed by atoms with van der Waals surface area (Å²) in [6.45, 7) is 1.35. The lowest BCUT2D eigenvalue weighted by atomic mass is 10.1. The molecule has 0 spiro atoms. The summed E-state index contributed by atoms with van der Waals surface area (Å²) in [6.07, 6.45) is 2.76. The van der Waals surface area contributed by atoms with Crippen molar-refractivity contribution in [3.63, 3.8) is 0 Å². The molecule has 0 unspecified atom stereocenters. The van der Waals surface area contributed by atoms with Gasteiger partial charge in [0.2, 0.25) is 0 Å². The number of carbonyl (C=O) groups excluding carboxylic acids is 2. The van der Waals surface area contributed by atoms with Gasteiger partial charge in [-0.05, 0) is 30.7 Å². The molecule has 0 bridgehead atoms. The predicted molar refractivity (Wildman–Crippen MR) is 86.2 cm³/mol. The van der Waals surface area contributed by atoms with E-state index in [1.807, 2.05) is 31.2 Å². The Kier molecular flexibility index (Phi) is 5.78. The number of ether oxygens (including phenoxy) is 1. The lowest BCUT2D eigenvalue weighted by molar-refractivity contribution is -0.142. The van der Waals surface area contributed by atoms with E-state index in [4.69, 9.17) is 4.74 Å². The molecule has 0 aliphatic carbocycles. The minimum Gasteiger partial charge on any atom is -0.452 e. The first kappa shape index (κ1) is 17.3. The Balaban J connectivity index is 1.83. The number of esters is 1. The van der Waals surface area contributed by atoms with Gasteiger partial charge in [-0.1, -0.05) is 29.8 Å².